The lowest BCUT2D eigenvalue weighted by atomic mass is 10.1. The van der Waals surface area contributed by atoms with E-state index in [4.69, 9.17) is 35.4 Å². The largest absolute Gasteiger partial charge is 0.378 e. The van der Waals surface area contributed by atoms with Gasteiger partial charge < -0.3 is 4.90 Å². The number of nitrogens with one attached hydrogen (secondary N) is 1. The van der Waals surface area contributed by atoms with Crippen LogP contribution in [0.15, 0.2) is 48.0 Å². The van der Waals surface area contributed by atoms with Crippen molar-refractivity contribution in [3.05, 3.63) is 63.6 Å². The van der Waals surface area contributed by atoms with Gasteiger partial charge in [0.1, 0.15) is 5.57 Å². The molecule has 0 bridgehead atoms. The molecule has 1 fully saturated rings. The van der Waals surface area contributed by atoms with Crippen molar-refractivity contribution < 1.29 is 9.59 Å². The Morgan fingerprint density at radius 1 is 1.04 bits per heavy atom. The van der Waals surface area contributed by atoms with Crippen molar-refractivity contribution in [2.45, 2.75) is 0 Å². The number of hydrogen-bond acceptors (Lipinski definition) is 4. The smallest absolute Gasteiger partial charge is 0.270 e. The number of carbonyl (C=O) groups excluding carboxylic acids is 2. The molecule has 0 saturated carbocycles. The highest BCUT2D eigenvalue weighted by molar-refractivity contribution is 7.80. The summed E-state index contributed by atoms with van der Waals surface area (Å²) >= 11 is 17.1. The van der Waals surface area contributed by atoms with Gasteiger partial charge in [-0.1, -0.05) is 35.3 Å². The summed E-state index contributed by atoms with van der Waals surface area (Å²) in [6.07, 6.45) is 1.53. The summed E-state index contributed by atoms with van der Waals surface area (Å²) in [6.45, 7) is 0. The first-order valence-corrected chi connectivity index (χ1v) is 9.08. The Labute approximate surface area is 172 Å². The third kappa shape index (κ3) is 3.98. The molecule has 1 saturated heterocycles. The van der Waals surface area contributed by atoms with E-state index in [9.17, 15) is 9.59 Å². The van der Waals surface area contributed by atoms with Gasteiger partial charge in [0.2, 0.25) is 0 Å². The van der Waals surface area contributed by atoms with Crippen LogP contribution in [0.5, 0.6) is 0 Å². The molecule has 0 radical (unpaired) electrons. The van der Waals surface area contributed by atoms with E-state index in [0.717, 1.165) is 11.3 Å². The quantitative estimate of drug-likeness (QED) is 0.465. The number of benzene rings is 2. The van der Waals surface area contributed by atoms with E-state index < -0.39 is 11.8 Å². The van der Waals surface area contributed by atoms with Gasteiger partial charge in [-0.05, 0) is 54.2 Å². The van der Waals surface area contributed by atoms with E-state index in [-0.39, 0.29) is 15.7 Å². The average Bonchev–Trinajstić information content (AvgIpc) is 2.62. The van der Waals surface area contributed by atoms with Crippen LogP contribution in [0.1, 0.15) is 5.56 Å². The number of amides is 2. The predicted molar refractivity (Wildman–Crippen MR) is 113 cm³/mol. The molecule has 1 N–H and O–H groups in total. The van der Waals surface area contributed by atoms with Gasteiger partial charge in [-0.15, -0.1) is 0 Å². The Morgan fingerprint density at radius 2 is 1.70 bits per heavy atom. The fraction of sp³-hybridized carbons (Fsp3) is 0.105. The van der Waals surface area contributed by atoms with Gasteiger partial charge in [-0.2, -0.15) is 0 Å². The van der Waals surface area contributed by atoms with Crippen molar-refractivity contribution in [1.82, 2.24) is 5.32 Å². The Kier molecular flexibility index (Phi) is 5.51. The van der Waals surface area contributed by atoms with Gasteiger partial charge in [0.25, 0.3) is 11.8 Å². The fourth-order valence-corrected chi connectivity index (χ4v) is 3.12. The van der Waals surface area contributed by atoms with Crippen LogP contribution in [0.4, 0.5) is 11.4 Å². The SMILES string of the molecule is CN(C)c1ccc(C=C2C(=O)NC(=S)N(c3ccc(Cl)c(Cl)c3)C2=O)cc1. The molecule has 0 spiro atoms. The Hall–Kier alpha value is -2.41. The van der Waals surface area contributed by atoms with Crippen LogP contribution < -0.4 is 15.1 Å². The first-order chi connectivity index (χ1) is 12.8. The minimum Gasteiger partial charge on any atom is -0.378 e. The minimum absolute atomic E-state index is 0.0107. The van der Waals surface area contributed by atoms with Crippen molar-refractivity contribution in [2.75, 3.05) is 23.9 Å². The highest BCUT2D eigenvalue weighted by Crippen LogP contribution is 2.29. The fourth-order valence-electron chi connectivity index (χ4n) is 2.55. The second-order valence-corrected chi connectivity index (χ2v) is 7.24. The Bertz CT molecular complexity index is 971. The highest BCUT2D eigenvalue weighted by Gasteiger charge is 2.34. The number of nitrogens with zero attached hydrogens (tertiary/aromatic N) is 2. The first-order valence-electron chi connectivity index (χ1n) is 7.92. The second kappa shape index (κ2) is 7.68. The molecule has 27 heavy (non-hydrogen) atoms. The predicted octanol–water partition coefficient (Wildman–Crippen LogP) is 3.89. The van der Waals surface area contributed by atoms with Crippen LogP contribution in [0.25, 0.3) is 6.08 Å². The molecule has 0 unspecified atom stereocenters. The molecule has 2 aromatic rings. The maximum absolute atomic E-state index is 12.9. The molecule has 3 rings (SSSR count). The van der Waals surface area contributed by atoms with E-state index >= 15 is 0 Å². The molecule has 1 aliphatic rings. The molecule has 2 amide bonds. The van der Waals surface area contributed by atoms with Crippen LogP contribution >= 0.6 is 35.4 Å². The molecular formula is C19H15Cl2N3O2S. The van der Waals surface area contributed by atoms with E-state index in [1.54, 1.807) is 12.1 Å². The highest BCUT2D eigenvalue weighted by atomic mass is 35.5. The monoisotopic (exact) mass is 419 g/mol. The number of hydrogen-bond donors (Lipinski definition) is 1. The molecular weight excluding hydrogens is 405 g/mol. The van der Waals surface area contributed by atoms with E-state index in [1.165, 1.54) is 17.0 Å². The molecule has 1 aliphatic heterocycles. The van der Waals surface area contributed by atoms with Gasteiger partial charge in [-0.3, -0.25) is 19.8 Å². The lowest BCUT2D eigenvalue weighted by molar-refractivity contribution is -0.122. The van der Waals surface area contributed by atoms with E-state index in [2.05, 4.69) is 5.32 Å². The Balaban J connectivity index is 1.97. The summed E-state index contributed by atoms with van der Waals surface area (Å²) in [5.74, 6) is -1.07. The van der Waals surface area contributed by atoms with Gasteiger partial charge in [0, 0.05) is 19.8 Å². The Morgan fingerprint density at radius 3 is 2.30 bits per heavy atom. The minimum atomic E-state index is -0.544. The lowest BCUT2D eigenvalue weighted by Gasteiger charge is -2.29. The summed E-state index contributed by atoms with van der Waals surface area (Å²) < 4.78 is 0. The van der Waals surface area contributed by atoms with Crippen LogP contribution in [0, 0.1) is 0 Å². The molecule has 5 nitrogen and oxygen atoms in total. The summed E-state index contributed by atoms with van der Waals surface area (Å²) in [5, 5.41) is 3.17. The first kappa shape index (κ1) is 19.4. The molecule has 1 heterocycles. The standard InChI is InChI=1S/C19H15Cl2N3O2S/c1-23(2)12-5-3-11(4-6-12)9-14-17(25)22-19(27)24(18(14)26)13-7-8-15(20)16(21)10-13/h3-10H,1-2H3,(H,22,25,27). The zero-order valence-electron chi connectivity index (χ0n) is 14.5. The van der Waals surface area contributed by atoms with Gasteiger partial charge in [0.05, 0.1) is 15.7 Å². The van der Waals surface area contributed by atoms with Crippen molar-refractivity contribution >= 4 is 69.8 Å². The van der Waals surface area contributed by atoms with Crippen molar-refractivity contribution in [3.63, 3.8) is 0 Å². The zero-order valence-corrected chi connectivity index (χ0v) is 16.8. The summed E-state index contributed by atoms with van der Waals surface area (Å²) in [5.41, 5.74) is 2.14. The topological polar surface area (TPSA) is 52.7 Å². The number of carbonyl (C=O) groups is 2. The van der Waals surface area contributed by atoms with Crippen LogP contribution in [0.2, 0.25) is 10.0 Å². The van der Waals surface area contributed by atoms with Crippen molar-refractivity contribution in [3.8, 4) is 0 Å². The average molecular weight is 420 g/mol. The van der Waals surface area contributed by atoms with E-state index in [0.29, 0.717) is 10.7 Å². The molecule has 0 aliphatic carbocycles. The maximum Gasteiger partial charge on any atom is 0.270 e. The maximum atomic E-state index is 12.9. The number of rotatable bonds is 3. The number of halogens is 2. The van der Waals surface area contributed by atoms with Crippen molar-refractivity contribution in [2.24, 2.45) is 0 Å². The summed E-state index contributed by atoms with van der Waals surface area (Å²) in [4.78, 5) is 28.4. The van der Waals surface area contributed by atoms with E-state index in [1.807, 2.05) is 43.3 Å². The third-order valence-corrected chi connectivity index (χ3v) is 5.01. The summed E-state index contributed by atoms with van der Waals surface area (Å²) in [7, 11) is 3.86. The van der Waals surface area contributed by atoms with Crippen molar-refractivity contribution in [1.29, 1.82) is 0 Å². The van der Waals surface area contributed by atoms with Gasteiger partial charge in [0.15, 0.2) is 5.11 Å². The second-order valence-electron chi connectivity index (χ2n) is 6.04. The molecule has 138 valence electrons. The molecule has 0 atom stereocenters. The molecule has 8 heteroatoms. The molecule has 0 aromatic heterocycles. The van der Waals surface area contributed by atoms with Crippen LogP contribution in [0.3, 0.4) is 0 Å². The lowest BCUT2D eigenvalue weighted by Crippen LogP contribution is -2.54. The van der Waals surface area contributed by atoms with Crippen LogP contribution in [-0.2, 0) is 9.59 Å². The summed E-state index contributed by atoms with van der Waals surface area (Å²) in [6, 6.07) is 12.2. The number of anilines is 2. The third-order valence-electron chi connectivity index (χ3n) is 3.98. The van der Waals surface area contributed by atoms with Crippen LogP contribution in [-0.4, -0.2) is 31.0 Å². The molecule has 2 aromatic carbocycles. The van der Waals surface area contributed by atoms with Gasteiger partial charge in [-0.25, -0.2) is 0 Å². The van der Waals surface area contributed by atoms with Gasteiger partial charge >= 0.3 is 0 Å². The zero-order chi connectivity index (χ0) is 19.7. The number of thiocarbonyl (C=S) groups is 1. The normalized spacial score (nSPS) is 15.9.